The first-order valence-corrected chi connectivity index (χ1v) is 9.86. The Morgan fingerprint density at radius 1 is 0.960 bits per heavy atom. The average molecular weight is 366 g/mol. The number of aryl methyl sites for hydroxylation is 2. The summed E-state index contributed by atoms with van der Waals surface area (Å²) in [4.78, 5) is 7.44. The molecule has 0 radical (unpaired) electrons. The molecule has 4 rings (SSSR count). The van der Waals surface area contributed by atoms with E-state index in [1.807, 2.05) is 23.5 Å². The fraction of sp³-hybridized carbons (Fsp3) is 0.190. The van der Waals surface area contributed by atoms with E-state index in [1.54, 1.807) is 18.4 Å². The average Bonchev–Trinajstić information content (AvgIpc) is 3.23. The summed E-state index contributed by atoms with van der Waals surface area (Å²) in [7, 11) is 1.70. The van der Waals surface area contributed by atoms with Gasteiger partial charge in [-0.1, -0.05) is 24.3 Å². The number of nitrogens with zero attached hydrogens (tertiary/aromatic N) is 1. The molecule has 0 bridgehead atoms. The van der Waals surface area contributed by atoms with Crippen LogP contribution in [0.5, 0.6) is 5.75 Å². The van der Waals surface area contributed by atoms with Gasteiger partial charge in [0.15, 0.2) is 0 Å². The summed E-state index contributed by atoms with van der Waals surface area (Å²) >= 11 is 3.60. The molecule has 4 heteroatoms. The highest BCUT2D eigenvalue weighted by Gasteiger charge is 2.11. The lowest BCUT2D eigenvalue weighted by Crippen LogP contribution is -1.85. The van der Waals surface area contributed by atoms with Crippen LogP contribution in [0.1, 0.15) is 21.0 Å². The van der Waals surface area contributed by atoms with Crippen molar-refractivity contribution in [1.82, 2.24) is 4.98 Å². The van der Waals surface area contributed by atoms with Gasteiger partial charge in [-0.3, -0.25) is 0 Å². The van der Waals surface area contributed by atoms with Crippen molar-refractivity contribution >= 4 is 32.9 Å². The lowest BCUT2D eigenvalue weighted by molar-refractivity contribution is 0.419. The van der Waals surface area contributed by atoms with Gasteiger partial charge in [-0.15, -0.1) is 22.7 Å². The molecule has 0 unspecified atom stereocenters. The molecule has 0 aliphatic heterocycles. The molecule has 0 spiro atoms. The van der Waals surface area contributed by atoms with Crippen molar-refractivity contribution in [2.45, 2.75) is 20.3 Å². The van der Waals surface area contributed by atoms with Gasteiger partial charge in [-0.2, -0.15) is 0 Å². The van der Waals surface area contributed by atoms with Gasteiger partial charge in [-0.05, 0) is 54.8 Å². The standard InChI is InChI=1S/C21H19NOS2/c1-13-7-8-15(11-14(13)2)18-10-9-16(24-18)12-20-22-21-17(23-3)5-4-6-19(21)25-20/h4-11H,12H2,1-3H3. The van der Waals surface area contributed by atoms with E-state index in [0.29, 0.717) is 0 Å². The van der Waals surface area contributed by atoms with Gasteiger partial charge >= 0.3 is 0 Å². The minimum atomic E-state index is 0.849. The van der Waals surface area contributed by atoms with Crippen LogP contribution in [0.25, 0.3) is 20.7 Å². The van der Waals surface area contributed by atoms with E-state index >= 15 is 0 Å². The molecule has 0 saturated carbocycles. The Balaban J connectivity index is 1.62. The van der Waals surface area contributed by atoms with Crippen molar-refractivity contribution in [3.8, 4) is 16.2 Å². The Hall–Kier alpha value is -2.17. The molecule has 2 aromatic carbocycles. The lowest BCUT2D eigenvalue weighted by Gasteiger charge is -2.02. The number of thiazole rings is 1. The third kappa shape index (κ3) is 3.20. The molecule has 25 heavy (non-hydrogen) atoms. The Morgan fingerprint density at radius 3 is 2.64 bits per heavy atom. The second-order valence-electron chi connectivity index (χ2n) is 6.16. The van der Waals surface area contributed by atoms with Gasteiger partial charge in [0, 0.05) is 16.2 Å². The first kappa shape index (κ1) is 16.3. The maximum atomic E-state index is 5.42. The van der Waals surface area contributed by atoms with E-state index in [1.165, 1.54) is 31.1 Å². The quantitative estimate of drug-likeness (QED) is 0.427. The Morgan fingerprint density at radius 2 is 1.84 bits per heavy atom. The van der Waals surface area contributed by atoms with Gasteiger partial charge in [0.2, 0.25) is 0 Å². The van der Waals surface area contributed by atoms with E-state index in [4.69, 9.17) is 9.72 Å². The number of aromatic nitrogens is 1. The molecule has 126 valence electrons. The Labute approximate surface area is 155 Å². The highest BCUT2D eigenvalue weighted by atomic mass is 32.1. The van der Waals surface area contributed by atoms with Gasteiger partial charge in [-0.25, -0.2) is 4.98 Å². The smallest absolute Gasteiger partial charge is 0.145 e. The Bertz CT molecular complexity index is 1050. The maximum Gasteiger partial charge on any atom is 0.145 e. The zero-order valence-corrected chi connectivity index (χ0v) is 16.1. The monoisotopic (exact) mass is 365 g/mol. The minimum Gasteiger partial charge on any atom is -0.494 e. The summed E-state index contributed by atoms with van der Waals surface area (Å²) in [6, 6.07) is 17.2. The zero-order valence-electron chi connectivity index (χ0n) is 14.5. The van der Waals surface area contributed by atoms with E-state index < -0.39 is 0 Å². The number of benzene rings is 2. The third-order valence-electron chi connectivity index (χ3n) is 4.42. The largest absolute Gasteiger partial charge is 0.494 e. The number of thiophene rings is 1. The fourth-order valence-corrected chi connectivity index (χ4v) is 4.99. The van der Waals surface area contributed by atoms with Crippen molar-refractivity contribution in [3.05, 3.63) is 69.5 Å². The van der Waals surface area contributed by atoms with Crippen molar-refractivity contribution < 1.29 is 4.74 Å². The van der Waals surface area contributed by atoms with Crippen molar-refractivity contribution in [3.63, 3.8) is 0 Å². The summed E-state index contributed by atoms with van der Waals surface area (Å²) in [5.74, 6) is 0.849. The first-order chi connectivity index (χ1) is 12.1. The normalized spacial score (nSPS) is 11.2. The molecule has 0 amide bonds. The highest BCUT2D eigenvalue weighted by molar-refractivity contribution is 7.19. The molecule has 2 nitrogen and oxygen atoms in total. The number of fused-ring (bicyclic) bond motifs is 1. The Kier molecular flexibility index (Phi) is 4.32. The number of hydrogen-bond acceptors (Lipinski definition) is 4. The molecule has 0 aliphatic rings. The number of rotatable bonds is 4. The number of methoxy groups -OCH3 is 1. The van der Waals surface area contributed by atoms with Crippen LogP contribution in [0, 0.1) is 13.8 Å². The highest BCUT2D eigenvalue weighted by Crippen LogP contribution is 2.34. The predicted molar refractivity (Wildman–Crippen MR) is 108 cm³/mol. The van der Waals surface area contributed by atoms with Crippen molar-refractivity contribution in [1.29, 1.82) is 0 Å². The van der Waals surface area contributed by atoms with E-state index in [-0.39, 0.29) is 0 Å². The lowest BCUT2D eigenvalue weighted by atomic mass is 10.1. The van der Waals surface area contributed by atoms with E-state index in [0.717, 1.165) is 22.7 Å². The molecule has 0 N–H and O–H groups in total. The van der Waals surface area contributed by atoms with Crippen LogP contribution in [0.4, 0.5) is 0 Å². The number of para-hydroxylation sites is 1. The van der Waals surface area contributed by atoms with Crippen LogP contribution in [-0.4, -0.2) is 12.1 Å². The molecular weight excluding hydrogens is 346 g/mol. The van der Waals surface area contributed by atoms with Crippen LogP contribution in [-0.2, 0) is 6.42 Å². The molecule has 0 fully saturated rings. The minimum absolute atomic E-state index is 0.849. The predicted octanol–water partition coefficient (Wildman–Crippen LogP) is 6.24. The molecule has 2 aromatic heterocycles. The van der Waals surface area contributed by atoms with Gasteiger partial charge in [0.1, 0.15) is 11.3 Å². The van der Waals surface area contributed by atoms with Gasteiger partial charge in [0.25, 0.3) is 0 Å². The van der Waals surface area contributed by atoms with Crippen LogP contribution >= 0.6 is 22.7 Å². The van der Waals surface area contributed by atoms with Crippen LogP contribution in [0.2, 0.25) is 0 Å². The SMILES string of the molecule is COc1cccc2sc(Cc3ccc(-c4ccc(C)c(C)c4)s3)nc12. The molecule has 2 heterocycles. The van der Waals surface area contributed by atoms with Crippen LogP contribution < -0.4 is 4.74 Å². The van der Waals surface area contributed by atoms with E-state index in [9.17, 15) is 0 Å². The topological polar surface area (TPSA) is 22.1 Å². The number of hydrogen-bond donors (Lipinski definition) is 0. The zero-order chi connectivity index (χ0) is 17.4. The molecule has 0 saturated heterocycles. The van der Waals surface area contributed by atoms with Crippen LogP contribution in [0.15, 0.2) is 48.5 Å². The summed E-state index contributed by atoms with van der Waals surface area (Å²) in [5, 5.41) is 1.13. The molecular formula is C21H19NOS2. The molecule has 0 aliphatic carbocycles. The third-order valence-corrected chi connectivity index (χ3v) is 6.58. The summed E-state index contributed by atoms with van der Waals surface area (Å²) < 4.78 is 6.60. The second kappa shape index (κ2) is 6.62. The summed E-state index contributed by atoms with van der Waals surface area (Å²) in [5.41, 5.74) is 4.94. The fourth-order valence-electron chi connectivity index (χ4n) is 2.88. The summed E-state index contributed by atoms with van der Waals surface area (Å²) in [6.07, 6.45) is 0.873. The van der Waals surface area contributed by atoms with Crippen molar-refractivity contribution in [2.24, 2.45) is 0 Å². The van der Waals surface area contributed by atoms with Crippen LogP contribution in [0.3, 0.4) is 0 Å². The first-order valence-electron chi connectivity index (χ1n) is 8.23. The van der Waals surface area contributed by atoms with Crippen molar-refractivity contribution in [2.75, 3.05) is 7.11 Å². The summed E-state index contributed by atoms with van der Waals surface area (Å²) in [6.45, 7) is 4.32. The second-order valence-corrected chi connectivity index (χ2v) is 8.44. The molecule has 0 atom stereocenters. The van der Waals surface area contributed by atoms with Gasteiger partial charge < -0.3 is 4.74 Å². The maximum absolute atomic E-state index is 5.42. The number of ether oxygens (including phenoxy) is 1. The molecule has 4 aromatic rings. The van der Waals surface area contributed by atoms with Gasteiger partial charge in [0.05, 0.1) is 16.8 Å². The van der Waals surface area contributed by atoms with E-state index in [2.05, 4.69) is 50.2 Å².